The summed E-state index contributed by atoms with van der Waals surface area (Å²) in [6.07, 6.45) is 1.09. The van der Waals surface area contributed by atoms with Gasteiger partial charge in [-0.2, -0.15) is 0 Å². The van der Waals surface area contributed by atoms with E-state index >= 15 is 0 Å². The highest BCUT2D eigenvalue weighted by Crippen LogP contribution is 2.21. The van der Waals surface area contributed by atoms with Crippen LogP contribution in [-0.4, -0.2) is 50.5 Å². The topological polar surface area (TPSA) is 86.8 Å². The molecule has 0 aliphatic carbocycles. The lowest BCUT2D eigenvalue weighted by molar-refractivity contribution is -0.140. The fourth-order valence-corrected chi connectivity index (χ4v) is 4.85. The molecule has 3 aromatic rings. The zero-order valence-corrected chi connectivity index (χ0v) is 23.0. The summed E-state index contributed by atoms with van der Waals surface area (Å²) in [7, 11) is -4.00. The Balaban J connectivity index is 2.04. The SMILES string of the molecule is CC(C)CNC(=O)[C@H](Cc1ccccc1)N(Cc1ccc(F)cc1)C(=O)CN(c1cccc(F)c1)S(C)(=O)=O. The second-order valence-corrected chi connectivity index (χ2v) is 11.6. The number of anilines is 1. The van der Waals surface area contributed by atoms with Gasteiger partial charge in [0.2, 0.25) is 21.8 Å². The number of halogens is 2. The zero-order valence-electron chi connectivity index (χ0n) is 22.2. The number of rotatable bonds is 12. The molecule has 0 radical (unpaired) electrons. The number of nitrogens with one attached hydrogen (secondary N) is 1. The first-order valence-electron chi connectivity index (χ1n) is 12.5. The van der Waals surface area contributed by atoms with Gasteiger partial charge >= 0.3 is 0 Å². The number of sulfonamides is 1. The smallest absolute Gasteiger partial charge is 0.244 e. The average molecular weight is 558 g/mol. The molecule has 3 rings (SSSR count). The fourth-order valence-electron chi connectivity index (χ4n) is 4.01. The van der Waals surface area contributed by atoms with Crippen molar-refractivity contribution in [2.75, 3.05) is 23.7 Å². The molecule has 0 bridgehead atoms. The Morgan fingerprint density at radius 3 is 2.13 bits per heavy atom. The van der Waals surface area contributed by atoms with Crippen LogP contribution in [0.15, 0.2) is 78.9 Å². The van der Waals surface area contributed by atoms with Crippen LogP contribution in [0.25, 0.3) is 0 Å². The van der Waals surface area contributed by atoms with Crippen molar-refractivity contribution in [1.29, 1.82) is 0 Å². The molecule has 0 aliphatic heterocycles. The van der Waals surface area contributed by atoms with Gasteiger partial charge in [-0.05, 0) is 47.4 Å². The van der Waals surface area contributed by atoms with Gasteiger partial charge in [-0.3, -0.25) is 13.9 Å². The first-order valence-corrected chi connectivity index (χ1v) is 14.4. The van der Waals surface area contributed by atoms with Crippen molar-refractivity contribution in [3.8, 4) is 0 Å². The molecule has 0 aliphatic rings. The van der Waals surface area contributed by atoms with Crippen molar-refractivity contribution in [2.45, 2.75) is 32.9 Å². The number of nitrogens with zero attached hydrogens (tertiary/aromatic N) is 2. The third-order valence-electron chi connectivity index (χ3n) is 6.00. The number of carbonyl (C=O) groups excluding carboxylic acids is 2. The molecular weight excluding hydrogens is 524 g/mol. The second kappa shape index (κ2) is 13.3. The van der Waals surface area contributed by atoms with Crippen LogP contribution < -0.4 is 9.62 Å². The van der Waals surface area contributed by atoms with Gasteiger partial charge in [0, 0.05) is 19.5 Å². The maximum Gasteiger partial charge on any atom is 0.244 e. The van der Waals surface area contributed by atoms with Crippen molar-refractivity contribution in [3.05, 3.63) is 102 Å². The summed E-state index contributed by atoms with van der Waals surface area (Å²) in [6, 6.07) is 18.6. The van der Waals surface area contributed by atoms with Crippen LogP contribution in [0.5, 0.6) is 0 Å². The Morgan fingerprint density at radius 2 is 1.54 bits per heavy atom. The Kier molecular flexibility index (Phi) is 10.2. The Morgan fingerprint density at radius 1 is 0.872 bits per heavy atom. The molecule has 39 heavy (non-hydrogen) atoms. The van der Waals surface area contributed by atoms with Crippen molar-refractivity contribution in [3.63, 3.8) is 0 Å². The van der Waals surface area contributed by atoms with E-state index in [1.54, 1.807) is 0 Å². The van der Waals surface area contributed by atoms with E-state index in [1.807, 2.05) is 44.2 Å². The maximum absolute atomic E-state index is 14.0. The van der Waals surface area contributed by atoms with Crippen molar-refractivity contribution in [2.24, 2.45) is 5.92 Å². The van der Waals surface area contributed by atoms with Crippen molar-refractivity contribution >= 4 is 27.5 Å². The first-order chi connectivity index (χ1) is 18.4. The third kappa shape index (κ3) is 8.88. The van der Waals surface area contributed by atoms with Gasteiger partial charge < -0.3 is 10.2 Å². The molecule has 0 saturated carbocycles. The van der Waals surface area contributed by atoms with E-state index in [9.17, 15) is 26.8 Å². The van der Waals surface area contributed by atoms with E-state index in [2.05, 4.69) is 5.32 Å². The summed E-state index contributed by atoms with van der Waals surface area (Å²) in [4.78, 5) is 28.7. The maximum atomic E-state index is 14.0. The van der Waals surface area contributed by atoms with Crippen LogP contribution in [-0.2, 0) is 32.6 Å². The molecule has 2 amide bonds. The lowest BCUT2D eigenvalue weighted by atomic mass is 10.0. The molecule has 0 spiro atoms. The van der Waals surface area contributed by atoms with Crippen LogP contribution in [0.3, 0.4) is 0 Å². The number of amides is 2. The molecule has 3 aromatic carbocycles. The standard InChI is InChI=1S/C29H33F2N3O4S/c1-21(2)18-32-29(36)27(16-22-8-5-4-6-9-22)33(19-23-12-14-24(30)15-13-23)28(35)20-34(39(3,37)38)26-11-7-10-25(31)17-26/h4-15,17,21,27H,16,18-20H2,1-3H3,(H,32,36)/t27-/m0/s1. The molecule has 208 valence electrons. The van der Waals surface area contributed by atoms with Crippen LogP contribution in [0.1, 0.15) is 25.0 Å². The summed E-state index contributed by atoms with van der Waals surface area (Å²) in [5.74, 6) is -2.04. The predicted molar refractivity (Wildman–Crippen MR) is 147 cm³/mol. The van der Waals surface area contributed by atoms with Gasteiger partial charge in [0.1, 0.15) is 24.2 Å². The highest BCUT2D eigenvalue weighted by Gasteiger charge is 2.33. The molecule has 0 unspecified atom stereocenters. The second-order valence-electron chi connectivity index (χ2n) is 9.74. The van der Waals surface area contributed by atoms with E-state index < -0.39 is 46.1 Å². The number of carbonyl (C=O) groups is 2. The van der Waals surface area contributed by atoms with Gasteiger partial charge in [-0.25, -0.2) is 17.2 Å². The molecule has 0 fully saturated rings. The minimum Gasteiger partial charge on any atom is -0.354 e. The summed E-state index contributed by atoms with van der Waals surface area (Å²) >= 11 is 0. The van der Waals surface area contributed by atoms with Gasteiger partial charge in [-0.1, -0.05) is 62.4 Å². The molecule has 7 nitrogen and oxygen atoms in total. The summed E-state index contributed by atoms with van der Waals surface area (Å²) in [5.41, 5.74) is 1.33. The van der Waals surface area contributed by atoms with Gasteiger partial charge in [0.15, 0.2) is 0 Å². The van der Waals surface area contributed by atoms with Crippen molar-refractivity contribution in [1.82, 2.24) is 10.2 Å². The molecule has 1 N–H and O–H groups in total. The van der Waals surface area contributed by atoms with Crippen LogP contribution in [0.4, 0.5) is 14.5 Å². The van der Waals surface area contributed by atoms with E-state index in [0.29, 0.717) is 12.1 Å². The number of benzene rings is 3. The van der Waals surface area contributed by atoms with Gasteiger partial charge in [0.25, 0.3) is 0 Å². The van der Waals surface area contributed by atoms with Crippen LogP contribution in [0.2, 0.25) is 0 Å². The molecule has 10 heteroatoms. The minimum atomic E-state index is -4.00. The number of hydrogen-bond donors (Lipinski definition) is 1. The summed E-state index contributed by atoms with van der Waals surface area (Å²) in [5, 5.41) is 2.88. The average Bonchev–Trinajstić information content (AvgIpc) is 2.88. The van der Waals surface area contributed by atoms with Crippen LogP contribution >= 0.6 is 0 Å². The molecule has 0 heterocycles. The highest BCUT2D eigenvalue weighted by molar-refractivity contribution is 7.92. The zero-order chi connectivity index (χ0) is 28.6. The normalized spacial score (nSPS) is 12.2. The van der Waals surface area contributed by atoms with Crippen LogP contribution in [0, 0.1) is 17.6 Å². The Labute approximate surface area is 228 Å². The lowest BCUT2D eigenvalue weighted by Crippen LogP contribution is -2.53. The molecule has 0 saturated heterocycles. The third-order valence-corrected chi connectivity index (χ3v) is 7.14. The predicted octanol–water partition coefficient (Wildman–Crippen LogP) is 4.14. The quantitative estimate of drug-likeness (QED) is 0.363. The number of hydrogen-bond acceptors (Lipinski definition) is 4. The highest BCUT2D eigenvalue weighted by atomic mass is 32.2. The largest absolute Gasteiger partial charge is 0.354 e. The Bertz CT molecular complexity index is 1370. The molecule has 1 atom stereocenters. The van der Waals surface area contributed by atoms with Gasteiger partial charge in [-0.15, -0.1) is 0 Å². The molecule has 0 aromatic heterocycles. The fraction of sp³-hybridized carbons (Fsp3) is 0.310. The van der Waals surface area contributed by atoms with E-state index in [1.165, 1.54) is 47.4 Å². The van der Waals surface area contributed by atoms with Gasteiger partial charge in [0.05, 0.1) is 11.9 Å². The Hall–Kier alpha value is -3.79. The lowest BCUT2D eigenvalue weighted by Gasteiger charge is -2.33. The van der Waals surface area contributed by atoms with E-state index in [-0.39, 0.29) is 24.6 Å². The minimum absolute atomic E-state index is 0.0172. The summed E-state index contributed by atoms with van der Waals surface area (Å²) in [6.45, 7) is 3.52. The van der Waals surface area contributed by atoms with E-state index in [4.69, 9.17) is 0 Å². The monoisotopic (exact) mass is 557 g/mol. The van der Waals surface area contributed by atoms with E-state index in [0.717, 1.165) is 22.2 Å². The first kappa shape index (κ1) is 29.8. The molecular formula is C29H33F2N3O4S. The van der Waals surface area contributed by atoms with Crippen molar-refractivity contribution < 1.29 is 26.8 Å². The summed E-state index contributed by atoms with van der Waals surface area (Å²) < 4.78 is 53.7.